The molecule has 2 aromatic heterocycles. The van der Waals surface area contributed by atoms with Gasteiger partial charge in [0.2, 0.25) is 0 Å². The molecule has 0 spiro atoms. The fourth-order valence-corrected chi connectivity index (χ4v) is 2.96. The Labute approximate surface area is 90.8 Å². The average molecular weight is 221 g/mol. The molecule has 0 aliphatic heterocycles. The minimum atomic E-state index is 0.155. The molecule has 2 heterocycles. The predicted molar refractivity (Wildman–Crippen MR) is 57.4 cm³/mol. The molecular weight excluding hydrogens is 210 g/mol. The monoisotopic (exact) mass is 221 g/mol. The topological polar surface area (TPSA) is 80.5 Å². The first-order chi connectivity index (χ1) is 7.34. The van der Waals surface area contributed by atoms with Crippen molar-refractivity contribution in [2.45, 2.75) is 25.3 Å². The van der Waals surface area contributed by atoms with Gasteiger partial charge >= 0.3 is 0 Å². The molecule has 0 saturated heterocycles. The molecule has 1 atom stereocenters. The van der Waals surface area contributed by atoms with Gasteiger partial charge in [-0.05, 0) is 19.3 Å². The van der Waals surface area contributed by atoms with E-state index in [2.05, 4.69) is 20.2 Å². The predicted octanol–water partition coefficient (Wildman–Crippen LogP) is 1.26. The number of H-pyrrole nitrogens is 1. The standard InChI is InChI=1S/C9H11N5S/c10-5-2-1-3-6-7(5)15-9(13-6)8-11-4-12-14-8/h4-5H,1-3,10H2,(H,11,12,14). The fraction of sp³-hybridized carbons (Fsp3) is 0.444. The molecule has 5 nitrogen and oxygen atoms in total. The third-order valence-corrected chi connectivity index (χ3v) is 3.85. The number of rotatable bonds is 1. The molecule has 78 valence electrons. The van der Waals surface area contributed by atoms with Crippen LogP contribution in [-0.4, -0.2) is 20.2 Å². The van der Waals surface area contributed by atoms with Gasteiger partial charge in [-0.25, -0.2) is 9.97 Å². The molecule has 6 heteroatoms. The van der Waals surface area contributed by atoms with Crippen LogP contribution >= 0.6 is 11.3 Å². The summed E-state index contributed by atoms with van der Waals surface area (Å²) in [6, 6.07) is 0.155. The maximum atomic E-state index is 6.04. The molecule has 3 N–H and O–H groups in total. The summed E-state index contributed by atoms with van der Waals surface area (Å²) >= 11 is 1.63. The lowest BCUT2D eigenvalue weighted by molar-refractivity contribution is 0.573. The van der Waals surface area contributed by atoms with Crippen LogP contribution in [0.2, 0.25) is 0 Å². The number of nitrogens with two attached hydrogens (primary N) is 1. The largest absolute Gasteiger partial charge is 0.323 e. The van der Waals surface area contributed by atoms with Crippen molar-refractivity contribution in [2.24, 2.45) is 5.73 Å². The highest BCUT2D eigenvalue weighted by molar-refractivity contribution is 7.15. The van der Waals surface area contributed by atoms with Crippen LogP contribution < -0.4 is 5.73 Å². The third kappa shape index (κ3) is 1.46. The van der Waals surface area contributed by atoms with Gasteiger partial charge < -0.3 is 5.73 Å². The van der Waals surface area contributed by atoms with Crippen molar-refractivity contribution in [3.63, 3.8) is 0 Å². The van der Waals surface area contributed by atoms with Crippen LogP contribution in [0.1, 0.15) is 29.5 Å². The van der Waals surface area contributed by atoms with E-state index in [-0.39, 0.29) is 6.04 Å². The second-order valence-electron chi connectivity index (χ2n) is 3.66. The van der Waals surface area contributed by atoms with Crippen LogP contribution in [0.25, 0.3) is 10.8 Å². The Hall–Kier alpha value is -1.27. The van der Waals surface area contributed by atoms with Gasteiger partial charge in [-0.2, -0.15) is 5.10 Å². The van der Waals surface area contributed by atoms with E-state index < -0.39 is 0 Å². The van der Waals surface area contributed by atoms with Gasteiger partial charge in [-0.15, -0.1) is 11.3 Å². The Bertz CT molecular complexity index is 461. The number of fused-ring (bicyclic) bond motifs is 1. The summed E-state index contributed by atoms with van der Waals surface area (Å²) in [7, 11) is 0. The lowest BCUT2D eigenvalue weighted by atomic mass is 9.99. The molecule has 3 rings (SSSR count). The first-order valence-corrected chi connectivity index (χ1v) is 5.77. The minimum absolute atomic E-state index is 0.155. The van der Waals surface area contributed by atoms with E-state index in [4.69, 9.17) is 5.73 Å². The fourth-order valence-electron chi connectivity index (χ4n) is 1.86. The van der Waals surface area contributed by atoms with Crippen molar-refractivity contribution in [3.05, 3.63) is 16.9 Å². The number of nitrogens with zero attached hydrogens (tertiary/aromatic N) is 3. The quantitative estimate of drug-likeness (QED) is 0.759. The molecule has 0 bridgehead atoms. The Morgan fingerprint density at radius 3 is 3.20 bits per heavy atom. The molecule has 2 aromatic rings. The van der Waals surface area contributed by atoms with E-state index in [0.717, 1.165) is 35.8 Å². The maximum absolute atomic E-state index is 6.04. The van der Waals surface area contributed by atoms with Crippen molar-refractivity contribution < 1.29 is 0 Å². The number of aryl methyl sites for hydroxylation is 1. The second kappa shape index (κ2) is 3.39. The van der Waals surface area contributed by atoms with Crippen LogP contribution in [0.15, 0.2) is 6.33 Å². The third-order valence-electron chi connectivity index (χ3n) is 2.61. The SMILES string of the molecule is NC1CCCc2nc(-c3ncn[nH]3)sc21. The zero-order valence-electron chi connectivity index (χ0n) is 8.10. The molecule has 0 amide bonds. The molecule has 1 unspecified atom stereocenters. The van der Waals surface area contributed by atoms with Crippen molar-refractivity contribution in [1.29, 1.82) is 0 Å². The summed E-state index contributed by atoms with van der Waals surface area (Å²) < 4.78 is 0. The van der Waals surface area contributed by atoms with Crippen LogP contribution in [0.3, 0.4) is 0 Å². The van der Waals surface area contributed by atoms with Crippen molar-refractivity contribution >= 4 is 11.3 Å². The second-order valence-corrected chi connectivity index (χ2v) is 4.69. The molecule has 1 aliphatic rings. The van der Waals surface area contributed by atoms with Gasteiger partial charge in [0.25, 0.3) is 0 Å². The zero-order chi connectivity index (χ0) is 10.3. The first kappa shape index (κ1) is 8.99. The summed E-state index contributed by atoms with van der Waals surface area (Å²) in [6.45, 7) is 0. The highest BCUT2D eigenvalue weighted by Crippen LogP contribution is 2.35. The summed E-state index contributed by atoms with van der Waals surface area (Å²) in [6.07, 6.45) is 4.72. The Kier molecular flexibility index (Phi) is 2.03. The maximum Gasteiger partial charge on any atom is 0.184 e. The molecular formula is C9H11N5S. The van der Waals surface area contributed by atoms with Crippen LogP contribution in [-0.2, 0) is 6.42 Å². The number of nitrogens with one attached hydrogen (secondary N) is 1. The van der Waals surface area contributed by atoms with E-state index in [0.29, 0.717) is 0 Å². The Morgan fingerprint density at radius 2 is 2.47 bits per heavy atom. The van der Waals surface area contributed by atoms with E-state index >= 15 is 0 Å². The van der Waals surface area contributed by atoms with Crippen molar-refractivity contribution in [1.82, 2.24) is 20.2 Å². The van der Waals surface area contributed by atoms with Crippen LogP contribution in [0, 0.1) is 0 Å². The highest BCUT2D eigenvalue weighted by Gasteiger charge is 2.22. The lowest BCUT2D eigenvalue weighted by Gasteiger charge is -2.15. The van der Waals surface area contributed by atoms with Crippen LogP contribution in [0.5, 0.6) is 0 Å². The number of hydrogen-bond donors (Lipinski definition) is 2. The molecule has 0 aromatic carbocycles. The van der Waals surface area contributed by atoms with Gasteiger partial charge in [-0.3, -0.25) is 5.10 Å². The summed E-state index contributed by atoms with van der Waals surface area (Å²) in [4.78, 5) is 9.86. The normalized spacial score (nSPS) is 20.2. The molecule has 0 fully saturated rings. The van der Waals surface area contributed by atoms with Crippen molar-refractivity contribution in [2.75, 3.05) is 0 Å². The van der Waals surface area contributed by atoms with E-state index in [9.17, 15) is 0 Å². The Morgan fingerprint density at radius 1 is 1.53 bits per heavy atom. The summed E-state index contributed by atoms with van der Waals surface area (Å²) in [5, 5.41) is 7.54. The smallest absolute Gasteiger partial charge is 0.184 e. The van der Waals surface area contributed by atoms with Gasteiger partial charge in [-0.1, -0.05) is 0 Å². The molecule has 0 saturated carbocycles. The van der Waals surface area contributed by atoms with E-state index in [1.807, 2.05) is 0 Å². The van der Waals surface area contributed by atoms with Gasteiger partial charge in [0, 0.05) is 10.9 Å². The van der Waals surface area contributed by atoms with E-state index in [1.54, 1.807) is 11.3 Å². The first-order valence-electron chi connectivity index (χ1n) is 4.95. The van der Waals surface area contributed by atoms with E-state index in [1.165, 1.54) is 11.2 Å². The highest BCUT2D eigenvalue weighted by atomic mass is 32.1. The lowest BCUT2D eigenvalue weighted by Crippen LogP contribution is -2.15. The van der Waals surface area contributed by atoms with Gasteiger partial charge in [0.05, 0.1) is 5.69 Å². The number of thiazole rings is 1. The number of aromatic nitrogens is 4. The van der Waals surface area contributed by atoms with Crippen molar-refractivity contribution in [3.8, 4) is 10.8 Å². The molecule has 15 heavy (non-hydrogen) atoms. The minimum Gasteiger partial charge on any atom is -0.323 e. The van der Waals surface area contributed by atoms with Gasteiger partial charge in [0.1, 0.15) is 6.33 Å². The summed E-state index contributed by atoms with van der Waals surface area (Å²) in [5.41, 5.74) is 7.18. The average Bonchev–Trinajstić information content (AvgIpc) is 2.86. The number of hydrogen-bond acceptors (Lipinski definition) is 5. The number of aromatic amines is 1. The molecule has 1 aliphatic carbocycles. The zero-order valence-corrected chi connectivity index (χ0v) is 8.92. The van der Waals surface area contributed by atoms with Crippen LogP contribution in [0.4, 0.5) is 0 Å². The molecule has 0 radical (unpaired) electrons. The van der Waals surface area contributed by atoms with Gasteiger partial charge in [0.15, 0.2) is 10.8 Å². The Balaban J connectivity index is 2.06. The summed E-state index contributed by atoms with van der Waals surface area (Å²) in [5.74, 6) is 0.738.